The molecule has 2 aliphatic heterocycles. The fraction of sp³-hybridized carbons (Fsp3) is 0. The summed E-state index contributed by atoms with van der Waals surface area (Å²) in [6, 6.07) is 36.6. The number of fused-ring (bicyclic) bond motifs is 14. The van der Waals surface area contributed by atoms with Gasteiger partial charge >= 0.3 is 0 Å². The summed E-state index contributed by atoms with van der Waals surface area (Å²) < 4.78 is 2.84. The molecule has 0 aliphatic carbocycles. The lowest BCUT2D eigenvalue weighted by molar-refractivity contribution is 1.71. The smallest absolute Gasteiger partial charge is 0.134 e. The summed E-state index contributed by atoms with van der Waals surface area (Å²) in [4.78, 5) is 3.05. The molecule has 0 saturated heterocycles. The van der Waals surface area contributed by atoms with Gasteiger partial charge in [-0.05, 0) is 54.8 Å². The van der Waals surface area contributed by atoms with Crippen molar-refractivity contribution in [2.45, 2.75) is 0 Å². The molecule has 144 valence electrons. The SMILES string of the molecule is c1ccc2c(c1)-c1ccccc1[Si]21c2c(sc3ccccc23)-c2sc3ccccc3c21. The van der Waals surface area contributed by atoms with Gasteiger partial charge in [0.1, 0.15) is 0 Å². The first-order valence-electron chi connectivity index (χ1n) is 10.6. The van der Waals surface area contributed by atoms with Crippen LogP contribution in [0.1, 0.15) is 0 Å². The van der Waals surface area contributed by atoms with Gasteiger partial charge in [0.15, 0.2) is 8.07 Å². The van der Waals surface area contributed by atoms with Crippen molar-refractivity contribution in [3.63, 3.8) is 0 Å². The van der Waals surface area contributed by atoms with E-state index in [1.807, 2.05) is 22.7 Å². The summed E-state index contributed by atoms with van der Waals surface area (Å²) in [5, 5.41) is 9.35. The molecule has 3 heteroatoms. The van der Waals surface area contributed by atoms with E-state index in [0.717, 1.165) is 0 Å². The Hall–Kier alpha value is -2.98. The fourth-order valence-electron chi connectivity index (χ4n) is 6.05. The number of hydrogen-bond donors (Lipinski definition) is 0. The molecule has 0 fully saturated rings. The summed E-state index contributed by atoms with van der Waals surface area (Å²) in [5.41, 5.74) is 2.88. The largest absolute Gasteiger partial charge is 0.185 e. The molecule has 0 radical (unpaired) electrons. The first-order valence-corrected chi connectivity index (χ1v) is 14.3. The monoisotopic (exact) mass is 444 g/mol. The lowest BCUT2D eigenvalue weighted by Crippen LogP contribution is -2.70. The van der Waals surface area contributed by atoms with Gasteiger partial charge in [-0.2, -0.15) is 0 Å². The van der Waals surface area contributed by atoms with E-state index < -0.39 is 8.07 Å². The van der Waals surface area contributed by atoms with Gasteiger partial charge in [-0.1, -0.05) is 84.9 Å². The number of hydrogen-bond acceptors (Lipinski definition) is 2. The van der Waals surface area contributed by atoms with Crippen LogP contribution in [0.2, 0.25) is 0 Å². The molecule has 4 aromatic carbocycles. The van der Waals surface area contributed by atoms with Crippen LogP contribution in [0.5, 0.6) is 0 Å². The maximum Gasteiger partial charge on any atom is 0.185 e. The van der Waals surface area contributed by atoms with Crippen molar-refractivity contribution < 1.29 is 0 Å². The summed E-state index contributed by atoms with van der Waals surface area (Å²) in [6.45, 7) is 0. The summed E-state index contributed by atoms with van der Waals surface area (Å²) in [5.74, 6) is 0. The molecule has 4 heterocycles. The zero-order chi connectivity index (χ0) is 20.2. The molecule has 0 saturated carbocycles. The Kier molecular flexibility index (Phi) is 3.03. The van der Waals surface area contributed by atoms with E-state index in [2.05, 4.69) is 97.1 Å². The third kappa shape index (κ3) is 1.80. The van der Waals surface area contributed by atoms with Crippen molar-refractivity contribution in [3.8, 4) is 20.9 Å². The Morgan fingerprint density at radius 1 is 0.452 bits per heavy atom. The summed E-state index contributed by atoms with van der Waals surface area (Å²) in [6.07, 6.45) is 0. The van der Waals surface area contributed by atoms with E-state index in [9.17, 15) is 0 Å². The van der Waals surface area contributed by atoms with Gasteiger partial charge in [0.25, 0.3) is 0 Å². The highest BCUT2D eigenvalue weighted by Crippen LogP contribution is 2.46. The van der Waals surface area contributed by atoms with Crippen molar-refractivity contribution in [2.75, 3.05) is 0 Å². The molecule has 0 N–H and O–H groups in total. The Bertz CT molecular complexity index is 1570. The molecule has 2 aromatic heterocycles. The summed E-state index contributed by atoms with van der Waals surface area (Å²) in [7, 11) is -2.36. The van der Waals surface area contributed by atoms with Gasteiger partial charge in [-0.25, -0.2) is 0 Å². The maximum atomic E-state index is 2.43. The zero-order valence-corrected chi connectivity index (χ0v) is 19.2. The molecule has 31 heavy (non-hydrogen) atoms. The Morgan fingerprint density at radius 2 is 0.871 bits per heavy atom. The molecular formula is C28H16S2Si. The van der Waals surface area contributed by atoms with Crippen LogP contribution in [0, 0.1) is 0 Å². The predicted molar refractivity (Wildman–Crippen MR) is 139 cm³/mol. The van der Waals surface area contributed by atoms with Crippen LogP contribution in [-0.2, 0) is 0 Å². The second-order valence-electron chi connectivity index (χ2n) is 8.45. The third-order valence-electron chi connectivity index (χ3n) is 7.10. The van der Waals surface area contributed by atoms with Gasteiger partial charge in [-0.15, -0.1) is 22.7 Å². The van der Waals surface area contributed by atoms with E-state index in [4.69, 9.17) is 0 Å². The number of rotatable bonds is 0. The topological polar surface area (TPSA) is 0 Å². The van der Waals surface area contributed by atoms with Crippen LogP contribution in [-0.4, -0.2) is 8.07 Å². The predicted octanol–water partition coefficient (Wildman–Crippen LogP) is 5.45. The molecule has 0 atom stereocenters. The van der Waals surface area contributed by atoms with Crippen LogP contribution in [0.15, 0.2) is 97.1 Å². The molecule has 0 unspecified atom stereocenters. The Morgan fingerprint density at radius 3 is 1.39 bits per heavy atom. The normalized spacial score (nSPS) is 14.7. The van der Waals surface area contributed by atoms with Crippen molar-refractivity contribution in [2.24, 2.45) is 0 Å². The van der Waals surface area contributed by atoms with Crippen LogP contribution >= 0.6 is 22.7 Å². The Labute approximate surface area is 189 Å². The lowest BCUT2D eigenvalue weighted by atomic mass is 10.1. The highest BCUT2D eigenvalue weighted by atomic mass is 32.1. The molecule has 1 spiro atoms. The first-order chi connectivity index (χ1) is 15.4. The van der Waals surface area contributed by atoms with E-state index >= 15 is 0 Å². The van der Waals surface area contributed by atoms with Crippen molar-refractivity contribution in [1.82, 2.24) is 0 Å². The highest BCUT2D eigenvalue weighted by molar-refractivity contribution is 7.39. The molecule has 6 aromatic rings. The lowest BCUT2D eigenvalue weighted by Gasteiger charge is -2.27. The van der Waals surface area contributed by atoms with Crippen molar-refractivity contribution >= 4 is 71.7 Å². The molecular weight excluding hydrogens is 429 g/mol. The van der Waals surface area contributed by atoms with Gasteiger partial charge in [0.2, 0.25) is 0 Å². The van der Waals surface area contributed by atoms with Crippen LogP contribution in [0.25, 0.3) is 41.1 Å². The van der Waals surface area contributed by atoms with E-state index in [-0.39, 0.29) is 0 Å². The first kappa shape index (κ1) is 16.7. The zero-order valence-electron chi connectivity index (χ0n) is 16.6. The molecule has 0 amide bonds. The minimum absolute atomic E-state index is 1.42. The standard InChI is InChI=1S/C28H16S2Si/c1-5-13-21-19(11-1)27-25(29-21)26-28(20-12-2-6-14-22(20)30-26)31(27)23-15-7-3-9-17(23)18-10-4-8-16-24(18)31/h1-16H. The quantitative estimate of drug-likeness (QED) is 0.273. The third-order valence-corrected chi connectivity index (χ3v) is 15.0. The minimum atomic E-state index is -2.36. The van der Waals surface area contributed by atoms with E-state index in [1.54, 1.807) is 20.7 Å². The van der Waals surface area contributed by atoms with E-state index in [0.29, 0.717) is 0 Å². The minimum Gasteiger partial charge on any atom is -0.134 e. The van der Waals surface area contributed by atoms with Gasteiger partial charge < -0.3 is 0 Å². The van der Waals surface area contributed by atoms with Crippen LogP contribution in [0.4, 0.5) is 0 Å². The Balaban J connectivity index is 1.69. The van der Waals surface area contributed by atoms with Crippen molar-refractivity contribution in [3.05, 3.63) is 97.1 Å². The molecule has 0 bridgehead atoms. The van der Waals surface area contributed by atoms with Gasteiger partial charge in [-0.3, -0.25) is 0 Å². The molecule has 2 aliphatic rings. The van der Waals surface area contributed by atoms with Gasteiger partial charge in [0, 0.05) is 19.2 Å². The molecule has 0 nitrogen and oxygen atoms in total. The van der Waals surface area contributed by atoms with Crippen molar-refractivity contribution in [1.29, 1.82) is 0 Å². The molecule has 8 rings (SSSR count). The summed E-state index contributed by atoms with van der Waals surface area (Å²) >= 11 is 4.00. The second kappa shape index (κ2) is 5.63. The number of thiophene rings is 2. The maximum absolute atomic E-state index is 2.43. The average Bonchev–Trinajstić information content (AvgIpc) is 3.53. The highest BCUT2D eigenvalue weighted by Gasteiger charge is 2.57. The van der Waals surface area contributed by atoms with Crippen LogP contribution in [0.3, 0.4) is 0 Å². The number of benzene rings is 4. The second-order valence-corrected chi connectivity index (χ2v) is 14.1. The van der Waals surface area contributed by atoms with Gasteiger partial charge in [0.05, 0.1) is 0 Å². The fourth-order valence-corrected chi connectivity index (χ4v) is 15.7. The van der Waals surface area contributed by atoms with E-state index in [1.165, 1.54) is 41.1 Å². The average molecular weight is 445 g/mol. The van der Waals surface area contributed by atoms with Crippen LogP contribution < -0.4 is 20.7 Å².